The molecule has 1 heterocycles. The fourth-order valence-electron chi connectivity index (χ4n) is 3.11. The zero-order valence-electron chi connectivity index (χ0n) is 14.8. The molecule has 0 atom stereocenters. The first-order chi connectivity index (χ1) is 12.7. The Balaban J connectivity index is 1.52. The molecule has 0 saturated carbocycles. The second-order valence-corrected chi connectivity index (χ2v) is 6.65. The molecule has 0 N–H and O–H groups in total. The minimum atomic E-state index is -0.840. The summed E-state index contributed by atoms with van der Waals surface area (Å²) in [6.07, 6.45) is 5.96. The van der Waals surface area contributed by atoms with Crippen molar-refractivity contribution in [1.82, 2.24) is 0 Å². The summed E-state index contributed by atoms with van der Waals surface area (Å²) in [6, 6.07) is 12.2. The zero-order chi connectivity index (χ0) is 18.4. The molecule has 0 spiro atoms. The highest BCUT2D eigenvalue weighted by Gasteiger charge is 2.25. The van der Waals surface area contributed by atoms with Gasteiger partial charge in [0.1, 0.15) is 0 Å². The third-order valence-corrected chi connectivity index (χ3v) is 4.69. The summed E-state index contributed by atoms with van der Waals surface area (Å²) in [5.74, 6) is -1.77. The number of aryl methyl sites for hydroxylation is 1. The normalized spacial score (nSPS) is 20.1. The van der Waals surface area contributed by atoms with Gasteiger partial charge in [0.15, 0.2) is 17.9 Å². The fraction of sp³-hybridized carbons (Fsp3) is 0.364. The molecular weight excluding hydrogens is 334 g/mol. The second kappa shape index (κ2) is 9.06. The third kappa shape index (κ3) is 4.77. The lowest BCUT2D eigenvalue weighted by atomic mass is 9.99. The van der Waals surface area contributed by atoms with E-state index in [2.05, 4.69) is 18.7 Å². The molecule has 3 rings (SSSR count). The van der Waals surface area contributed by atoms with Gasteiger partial charge in [0.25, 0.3) is 0 Å². The van der Waals surface area contributed by atoms with Gasteiger partial charge in [-0.2, -0.15) is 0 Å². The Bertz CT molecular complexity index is 719. The molecule has 0 unspecified atom stereocenters. The summed E-state index contributed by atoms with van der Waals surface area (Å²) in [5, 5.41) is 0. The van der Waals surface area contributed by atoms with Crippen molar-refractivity contribution >= 4 is 0 Å². The summed E-state index contributed by atoms with van der Waals surface area (Å²) in [6.45, 7) is 4.57. The van der Waals surface area contributed by atoms with Crippen molar-refractivity contribution in [2.24, 2.45) is 0 Å². The lowest BCUT2D eigenvalue weighted by Crippen LogP contribution is -2.25. The molecule has 138 valence electrons. The average molecular weight is 358 g/mol. The molecular formula is C22H24F2O2. The van der Waals surface area contributed by atoms with Gasteiger partial charge in [-0.05, 0) is 48.9 Å². The van der Waals surface area contributed by atoms with Gasteiger partial charge in [0.05, 0.1) is 13.2 Å². The topological polar surface area (TPSA) is 18.5 Å². The standard InChI is InChI=1S/C22H24F2O2/c1-2-3-4-5-6-16-7-9-17(10-8-16)22-25-14-19(15-26-22)18-11-12-20(23)21(24)13-18/h2,7-13,19,22H,1,3-6,14-15H2. The van der Waals surface area contributed by atoms with E-state index in [1.165, 1.54) is 11.6 Å². The van der Waals surface area contributed by atoms with Gasteiger partial charge in [0, 0.05) is 11.5 Å². The van der Waals surface area contributed by atoms with E-state index < -0.39 is 17.9 Å². The molecule has 4 heteroatoms. The van der Waals surface area contributed by atoms with Crippen LogP contribution in [-0.2, 0) is 15.9 Å². The predicted molar refractivity (Wildman–Crippen MR) is 97.9 cm³/mol. The lowest BCUT2D eigenvalue weighted by Gasteiger charge is -2.30. The van der Waals surface area contributed by atoms with Crippen LogP contribution in [0.1, 0.15) is 48.2 Å². The zero-order valence-corrected chi connectivity index (χ0v) is 14.8. The van der Waals surface area contributed by atoms with E-state index in [9.17, 15) is 8.78 Å². The van der Waals surface area contributed by atoms with Crippen LogP contribution in [0.5, 0.6) is 0 Å². The molecule has 1 saturated heterocycles. The van der Waals surface area contributed by atoms with Crippen LogP contribution in [0, 0.1) is 11.6 Å². The van der Waals surface area contributed by atoms with Gasteiger partial charge in [-0.3, -0.25) is 0 Å². The van der Waals surface area contributed by atoms with Crippen molar-refractivity contribution in [2.45, 2.75) is 37.9 Å². The Kier molecular flexibility index (Phi) is 6.53. The van der Waals surface area contributed by atoms with Crippen LogP contribution < -0.4 is 0 Å². The summed E-state index contributed by atoms with van der Waals surface area (Å²) in [5.41, 5.74) is 2.97. The van der Waals surface area contributed by atoms with Crippen LogP contribution in [0.15, 0.2) is 55.1 Å². The Morgan fingerprint density at radius 3 is 2.27 bits per heavy atom. The predicted octanol–water partition coefficient (Wildman–Crippen LogP) is 5.69. The van der Waals surface area contributed by atoms with Gasteiger partial charge < -0.3 is 9.47 Å². The van der Waals surface area contributed by atoms with E-state index in [0.717, 1.165) is 37.3 Å². The summed E-state index contributed by atoms with van der Waals surface area (Å²) in [4.78, 5) is 0. The molecule has 0 aromatic heterocycles. The maximum absolute atomic E-state index is 13.4. The van der Waals surface area contributed by atoms with Crippen LogP contribution in [0.4, 0.5) is 8.78 Å². The molecule has 0 radical (unpaired) electrons. The van der Waals surface area contributed by atoms with Crippen LogP contribution in [-0.4, -0.2) is 13.2 Å². The number of allylic oxidation sites excluding steroid dienone is 1. The fourth-order valence-corrected chi connectivity index (χ4v) is 3.11. The number of unbranched alkanes of at least 4 members (excludes halogenated alkanes) is 2. The van der Waals surface area contributed by atoms with E-state index in [1.807, 2.05) is 18.2 Å². The minimum absolute atomic E-state index is 0.0921. The van der Waals surface area contributed by atoms with E-state index in [-0.39, 0.29) is 5.92 Å². The van der Waals surface area contributed by atoms with Gasteiger partial charge >= 0.3 is 0 Å². The molecule has 0 amide bonds. The highest BCUT2D eigenvalue weighted by molar-refractivity contribution is 5.25. The van der Waals surface area contributed by atoms with Crippen molar-refractivity contribution in [2.75, 3.05) is 13.2 Å². The average Bonchev–Trinajstić information content (AvgIpc) is 2.68. The van der Waals surface area contributed by atoms with Gasteiger partial charge in [-0.25, -0.2) is 8.78 Å². The molecule has 2 aromatic carbocycles. The Morgan fingerprint density at radius 1 is 0.923 bits per heavy atom. The number of hydrogen-bond acceptors (Lipinski definition) is 2. The van der Waals surface area contributed by atoms with Crippen LogP contribution in [0.2, 0.25) is 0 Å². The molecule has 1 fully saturated rings. The first kappa shape index (κ1) is 18.7. The van der Waals surface area contributed by atoms with E-state index >= 15 is 0 Å². The quantitative estimate of drug-likeness (QED) is 0.467. The minimum Gasteiger partial charge on any atom is -0.348 e. The molecule has 26 heavy (non-hydrogen) atoms. The van der Waals surface area contributed by atoms with Crippen LogP contribution in [0.25, 0.3) is 0 Å². The highest BCUT2D eigenvalue weighted by Crippen LogP contribution is 2.30. The van der Waals surface area contributed by atoms with Gasteiger partial charge in [0.2, 0.25) is 0 Å². The Morgan fingerprint density at radius 2 is 1.62 bits per heavy atom. The molecule has 0 bridgehead atoms. The van der Waals surface area contributed by atoms with Crippen LogP contribution in [0.3, 0.4) is 0 Å². The monoisotopic (exact) mass is 358 g/mol. The first-order valence-corrected chi connectivity index (χ1v) is 9.05. The van der Waals surface area contributed by atoms with Crippen molar-refractivity contribution in [3.8, 4) is 0 Å². The smallest absolute Gasteiger partial charge is 0.183 e. The summed E-state index contributed by atoms with van der Waals surface area (Å²) in [7, 11) is 0. The second-order valence-electron chi connectivity index (χ2n) is 6.65. The van der Waals surface area contributed by atoms with E-state index in [1.54, 1.807) is 6.07 Å². The number of benzene rings is 2. The van der Waals surface area contributed by atoms with Gasteiger partial charge in [-0.1, -0.05) is 36.4 Å². The number of rotatable bonds is 7. The number of hydrogen-bond donors (Lipinski definition) is 0. The van der Waals surface area contributed by atoms with Crippen molar-refractivity contribution in [1.29, 1.82) is 0 Å². The van der Waals surface area contributed by atoms with E-state index in [4.69, 9.17) is 9.47 Å². The van der Waals surface area contributed by atoms with Crippen molar-refractivity contribution < 1.29 is 18.3 Å². The Labute approximate surface area is 153 Å². The maximum atomic E-state index is 13.4. The summed E-state index contributed by atoms with van der Waals surface area (Å²) < 4.78 is 38.0. The summed E-state index contributed by atoms with van der Waals surface area (Å²) >= 11 is 0. The maximum Gasteiger partial charge on any atom is 0.183 e. The molecule has 2 nitrogen and oxygen atoms in total. The first-order valence-electron chi connectivity index (χ1n) is 9.05. The molecule has 0 aliphatic carbocycles. The SMILES string of the molecule is C=CCCCCc1ccc(C2OCC(c3ccc(F)c(F)c3)CO2)cc1. The van der Waals surface area contributed by atoms with Crippen molar-refractivity contribution in [3.63, 3.8) is 0 Å². The molecule has 1 aliphatic rings. The lowest BCUT2D eigenvalue weighted by molar-refractivity contribution is -0.191. The molecule has 2 aromatic rings. The van der Waals surface area contributed by atoms with E-state index in [0.29, 0.717) is 18.8 Å². The van der Waals surface area contributed by atoms with Crippen LogP contribution >= 0.6 is 0 Å². The third-order valence-electron chi connectivity index (χ3n) is 4.69. The van der Waals surface area contributed by atoms with Crippen molar-refractivity contribution in [3.05, 3.63) is 83.4 Å². The Hall–Kier alpha value is -2.04. The number of ether oxygens (including phenoxy) is 2. The molecule has 1 aliphatic heterocycles. The van der Waals surface area contributed by atoms with Gasteiger partial charge in [-0.15, -0.1) is 6.58 Å². The largest absolute Gasteiger partial charge is 0.348 e. The number of halogens is 2. The highest BCUT2D eigenvalue weighted by atomic mass is 19.2.